The molecule has 1 aliphatic rings. The lowest BCUT2D eigenvalue weighted by molar-refractivity contribution is 0.0936. The largest absolute Gasteiger partial charge is 0.345 e. The van der Waals surface area contributed by atoms with Crippen molar-refractivity contribution in [2.45, 2.75) is 39.2 Å². The first kappa shape index (κ1) is 18.1. The maximum atomic E-state index is 13.0. The molecular weight excluding hydrogens is 382 g/mol. The summed E-state index contributed by atoms with van der Waals surface area (Å²) in [4.78, 5) is 31.3. The Morgan fingerprint density at radius 3 is 2.83 bits per heavy atom. The van der Waals surface area contributed by atoms with Crippen LogP contribution in [0.1, 0.15) is 50.8 Å². The number of imidazole rings is 1. The van der Waals surface area contributed by atoms with Crippen molar-refractivity contribution in [2.75, 3.05) is 0 Å². The van der Waals surface area contributed by atoms with Crippen LogP contribution in [0.3, 0.4) is 0 Å². The number of hydrogen-bond donors (Lipinski definition) is 1. The highest BCUT2D eigenvalue weighted by Crippen LogP contribution is 2.30. The van der Waals surface area contributed by atoms with E-state index >= 15 is 0 Å². The molecular formula is C23H21N3O2S. The Morgan fingerprint density at radius 1 is 1.17 bits per heavy atom. The first-order chi connectivity index (χ1) is 14.0. The predicted molar refractivity (Wildman–Crippen MR) is 116 cm³/mol. The molecule has 0 radical (unpaired) electrons. The van der Waals surface area contributed by atoms with Gasteiger partial charge in [0.2, 0.25) is 0 Å². The van der Waals surface area contributed by atoms with E-state index in [1.54, 1.807) is 4.40 Å². The van der Waals surface area contributed by atoms with Crippen LogP contribution in [0.15, 0.2) is 47.3 Å². The number of fused-ring (bicyclic) bond motifs is 4. The van der Waals surface area contributed by atoms with Gasteiger partial charge in [-0.15, -0.1) is 0 Å². The molecule has 2 heterocycles. The number of rotatable bonds is 2. The van der Waals surface area contributed by atoms with Gasteiger partial charge in [0.1, 0.15) is 4.88 Å². The molecule has 2 aromatic heterocycles. The van der Waals surface area contributed by atoms with Gasteiger partial charge in [-0.05, 0) is 67.5 Å². The predicted octanol–water partition coefficient (Wildman–Crippen LogP) is 4.33. The van der Waals surface area contributed by atoms with Crippen molar-refractivity contribution in [1.29, 1.82) is 0 Å². The van der Waals surface area contributed by atoms with E-state index in [9.17, 15) is 9.59 Å². The third-order valence-electron chi connectivity index (χ3n) is 5.81. The summed E-state index contributed by atoms with van der Waals surface area (Å²) in [6.07, 6.45) is 2.99. The third kappa shape index (κ3) is 3.04. The number of amides is 1. The molecule has 29 heavy (non-hydrogen) atoms. The molecule has 0 saturated heterocycles. The van der Waals surface area contributed by atoms with Gasteiger partial charge in [0.25, 0.3) is 11.5 Å². The van der Waals surface area contributed by atoms with Gasteiger partial charge in [-0.3, -0.25) is 14.0 Å². The summed E-state index contributed by atoms with van der Waals surface area (Å²) in [5, 5.41) is 3.13. The zero-order valence-electron chi connectivity index (χ0n) is 16.4. The van der Waals surface area contributed by atoms with Gasteiger partial charge in [0.15, 0.2) is 4.96 Å². The molecule has 0 saturated carbocycles. The number of benzene rings is 2. The highest BCUT2D eigenvalue weighted by Gasteiger charge is 2.23. The van der Waals surface area contributed by atoms with Crippen LogP contribution in [0.4, 0.5) is 0 Å². The molecule has 1 aliphatic carbocycles. The summed E-state index contributed by atoms with van der Waals surface area (Å²) in [5.41, 5.74) is 6.06. The third-order valence-corrected chi connectivity index (χ3v) is 6.79. The Bertz CT molecular complexity index is 1340. The number of hydrogen-bond acceptors (Lipinski definition) is 4. The number of nitrogens with one attached hydrogen (secondary N) is 1. The molecule has 0 bridgehead atoms. The molecule has 1 amide bonds. The average Bonchev–Trinajstić information content (AvgIpc) is 3.06. The summed E-state index contributed by atoms with van der Waals surface area (Å²) >= 11 is 1.26. The summed E-state index contributed by atoms with van der Waals surface area (Å²) in [7, 11) is 0. The summed E-state index contributed by atoms with van der Waals surface area (Å²) < 4.78 is 1.60. The van der Waals surface area contributed by atoms with Crippen molar-refractivity contribution in [3.05, 3.63) is 79.9 Å². The molecule has 2 aromatic carbocycles. The van der Waals surface area contributed by atoms with Crippen molar-refractivity contribution in [1.82, 2.24) is 14.7 Å². The topological polar surface area (TPSA) is 63.5 Å². The fraction of sp³-hybridized carbons (Fsp3) is 0.261. The summed E-state index contributed by atoms with van der Waals surface area (Å²) in [5.74, 6) is -0.212. The number of aryl methyl sites for hydroxylation is 3. The van der Waals surface area contributed by atoms with E-state index in [2.05, 4.69) is 22.4 Å². The second kappa shape index (κ2) is 6.81. The van der Waals surface area contributed by atoms with Crippen LogP contribution in [0.2, 0.25) is 0 Å². The molecule has 0 spiro atoms. The zero-order chi connectivity index (χ0) is 20.1. The van der Waals surface area contributed by atoms with Crippen LogP contribution >= 0.6 is 11.3 Å². The van der Waals surface area contributed by atoms with E-state index in [4.69, 9.17) is 0 Å². The van der Waals surface area contributed by atoms with E-state index in [0.717, 1.165) is 41.4 Å². The first-order valence-electron chi connectivity index (χ1n) is 9.83. The fourth-order valence-corrected chi connectivity index (χ4v) is 5.07. The first-order valence-corrected chi connectivity index (χ1v) is 10.6. The Morgan fingerprint density at radius 2 is 1.97 bits per heavy atom. The van der Waals surface area contributed by atoms with Crippen molar-refractivity contribution in [3.8, 4) is 0 Å². The fourth-order valence-electron chi connectivity index (χ4n) is 4.14. The van der Waals surface area contributed by atoms with E-state index in [1.165, 1.54) is 28.5 Å². The maximum Gasteiger partial charge on any atom is 0.262 e. The van der Waals surface area contributed by atoms with E-state index in [0.29, 0.717) is 9.84 Å². The molecule has 6 heteroatoms. The molecule has 146 valence electrons. The van der Waals surface area contributed by atoms with Gasteiger partial charge in [-0.2, -0.15) is 0 Å². The van der Waals surface area contributed by atoms with E-state index in [1.807, 2.05) is 38.1 Å². The lowest BCUT2D eigenvalue weighted by Crippen LogP contribution is -2.31. The molecule has 5 nitrogen and oxygen atoms in total. The average molecular weight is 404 g/mol. The number of aromatic nitrogens is 2. The number of carbonyl (C=O) groups excluding carboxylic acids is 1. The molecule has 0 unspecified atom stereocenters. The second-order valence-electron chi connectivity index (χ2n) is 7.72. The highest BCUT2D eigenvalue weighted by atomic mass is 32.1. The summed E-state index contributed by atoms with van der Waals surface area (Å²) in [6, 6.07) is 13.6. The standard InChI is InChI=1S/C23H21N3O2S/c1-13-10-18-19(11-14(13)2)26-21(27)12-20(29-23(26)25-18)22(28)24-17-9-5-7-15-6-3-4-8-16(15)17/h3-4,6,8,10-12,17H,5,7,9H2,1-2H3,(H,24,28)/t17-/m0/s1. The quantitative estimate of drug-likeness (QED) is 0.542. The normalized spacial score (nSPS) is 16.1. The molecule has 0 fully saturated rings. The molecule has 4 aromatic rings. The van der Waals surface area contributed by atoms with Gasteiger partial charge >= 0.3 is 0 Å². The van der Waals surface area contributed by atoms with Crippen LogP contribution in [0, 0.1) is 13.8 Å². The Kier molecular flexibility index (Phi) is 4.24. The van der Waals surface area contributed by atoms with Gasteiger partial charge < -0.3 is 5.32 Å². The lowest BCUT2D eigenvalue weighted by Gasteiger charge is -2.26. The van der Waals surface area contributed by atoms with Crippen LogP contribution < -0.4 is 10.9 Å². The van der Waals surface area contributed by atoms with Crippen LogP contribution in [-0.2, 0) is 6.42 Å². The molecule has 0 aliphatic heterocycles. The number of carbonyl (C=O) groups is 1. The minimum Gasteiger partial charge on any atom is -0.345 e. The van der Waals surface area contributed by atoms with Crippen molar-refractivity contribution in [3.63, 3.8) is 0 Å². The number of nitrogens with zero attached hydrogens (tertiary/aromatic N) is 2. The Hall–Kier alpha value is -2.99. The van der Waals surface area contributed by atoms with Crippen molar-refractivity contribution >= 4 is 33.2 Å². The Balaban J connectivity index is 1.53. The van der Waals surface area contributed by atoms with E-state index in [-0.39, 0.29) is 17.5 Å². The smallest absolute Gasteiger partial charge is 0.262 e. The molecule has 1 atom stereocenters. The minimum atomic E-state index is -0.223. The zero-order valence-corrected chi connectivity index (χ0v) is 17.2. The van der Waals surface area contributed by atoms with Crippen molar-refractivity contribution in [2.24, 2.45) is 0 Å². The van der Waals surface area contributed by atoms with Gasteiger partial charge in [0, 0.05) is 6.07 Å². The highest BCUT2D eigenvalue weighted by molar-refractivity contribution is 7.18. The second-order valence-corrected chi connectivity index (χ2v) is 8.73. The molecule has 5 rings (SSSR count). The Labute approximate surface area is 172 Å². The lowest BCUT2D eigenvalue weighted by atomic mass is 9.88. The molecule has 1 N–H and O–H groups in total. The maximum absolute atomic E-state index is 13.0. The van der Waals surface area contributed by atoms with Gasteiger partial charge in [0.05, 0.1) is 17.1 Å². The van der Waals surface area contributed by atoms with Crippen LogP contribution in [0.5, 0.6) is 0 Å². The van der Waals surface area contributed by atoms with Crippen LogP contribution in [-0.4, -0.2) is 15.3 Å². The van der Waals surface area contributed by atoms with E-state index < -0.39 is 0 Å². The van der Waals surface area contributed by atoms with Crippen LogP contribution in [0.25, 0.3) is 16.0 Å². The summed E-state index contributed by atoms with van der Waals surface area (Å²) in [6.45, 7) is 4.05. The monoisotopic (exact) mass is 403 g/mol. The van der Waals surface area contributed by atoms with Gasteiger partial charge in [-0.1, -0.05) is 35.6 Å². The SMILES string of the molecule is Cc1cc2nc3sc(C(=O)N[C@H]4CCCc5ccccc54)cc(=O)n3c2cc1C. The minimum absolute atomic E-state index is 0.0184. The van der Waals surface area contributed by atoms with Crippen molar-refractivity contribution < 1.29 is 4.79 Å². The van der Waals surface area contributed by atoms with Gasteiger partial charge in [-0.25, -0.2) is 4.98 Å².